The van der Waals surface area contributed by atoms with Gasteiger partial charge in [-0.15, -0.1) is 0 Å². The highest BCUT2D eigenvalue weighted by molar-refractivity contribution is 7.98. The van der Waals surface area contributed by atoms with E-state index in [0.717, 1.165) is 13.0 Å². The summed E-state index contributed by atoms with van der Waals surface area (Å²) in [6.07, 6.45) is 4.85. The lowest BCUT2D eigenvalue weighted by molar-refractivity contribution is 0.1000. The molecule has 1 heterocycles. The molecule has 3 N–H and O–H groups in total. The number of rotatable bonds is 7. The van der Waals surface area contributed by atoms with E-state index in [9.17, 15) is 9.00 Å². The number of nitrogens with one attached hydrogen (secondary N) is 1. The zero-order valence-electron chi connectivity index (χ0n) is 12.9. The van der Waals surface area contributed by atoms with Gasteiger partial charge in [0.05, 0.1) is 9.71 Å². The minimum atomic E-state index is -2.53. The predicted molar refractivity (Wildman–Crippen MR) is 91.4 cm³/mol. The summed E-state index contributed by atoms with van der Waals surface area (Å²) in [7, 11) is -2.53. The molecule has 1 aliphatic rings. The zero-order valence-corrected chi connectivity index (χ0v) is 13.7. The van der Waals surface area contributed by atoms with E-state index in [1.165, 1.54) is 32.4 Å². The summed E-state index contributed by atoms with van der Waals surface area (Å²) in [5.74, 6) is 3.30. The Morgan fingerprint density at radius 2 is 1.86 bits per heavy atom. The molecule has 0 bridgehead atoms. The van der Waals surface area contributed by atoms with E-state index in [2.05, 4.69) is 15.5 Å². The first-order valence-corrected chi connectivity index (χ1v) is 9.46. The molecule has 1 atom stereocenters. The molecule has 0 radical (unpaired) electrons. The lowest BCUT2D eigenvalue weighted by Crippen LogP contribution is -2.33. The summed E-state index contributed by atoms with van der Waals surface area (Å²) < 4.78 is 15.6. The second-order valence-corrected chi connectivity index (χ2v) is 7.82. The van der Waals surface area contributed by atoms with E-state index in [1.807, 2.05) is 0 Å². The molecule has 1 aliphatic heterocycles. The highest BCUT2D eigenvalue weighted by Crippen LogP contribution is 2.11. The molecular formula is C16H25N3O2S. The van der Waals surface area contributed by atoms with Gasteiger partial charge in [-0.2, -0.15) is 0 Å². The van der Waals surface area contributed by atoms with Gasteiger partial charge in [0.25, 0.3) is 0 Å². The van der Waals surface area contributed by atoms with Crippen molar-refractivity contribution in [2.75, 3.05) is 26.2 Å². The SMILES string of the molecule is C=S(=O)(NCCCN1CCCCC1)c1ccc(C(N)=O)cc1. The Bertz CT molecular complexity index is 590. The minimum Gasteiger partial charge on any atom is -0.366 e. The third kappa shape index (κ3) is 4.83. The van der Waals surface area contributed by atoms with E-state index in [4.69, 9.17) is 5.73 Å². The standard InChI is InChI=1S/C16H25N3O2S/c1-22(21,15-8-6-14(7-9-15)16(17)20)18-10-5-13-19-11-3-2-4-12-19/h6-9H,1-5,10-13H2,(H2,17,20)(H,18,21). The van der Waals surface area contributed by atoms with E-state index >= 15 is 0 Å². The van der Waals surface area contributed by atoms with Crippen molar-refractivity contribution in [1.29, 1.82) is 0 Å². The van der Waals surface area contributed by atoms with Crippen LogP contribution in [0.2, 0.25) is 0 Å². The monoisotopic (exact) mass is 323 g/mol. The highest BCUT2D eigenvalue weighted by Gasteiger charge is 2.11. The van der Waals surface area contributed by atoms with Gasteiger partial charge in [0.15, 0.2) is 0 Å². The van der Waals surface area contributed by atoms with Crippen LogP contribution >= 0.6 is 0 Å². The van der Waals surface area contributed by atoms with Crippen molar-refractivity contribution in [2.24, 2.45) is 5.73 Å². The Labute approximate surface area is 133 Å². The number of nitrogens with two attached hydrogens (primary N) is 1. The lowest BCUT2D eigenvalue weighted by Gasteiger charge is -2.26. The maximum atomic E-state index is 12.6. The van der Waals surface area contributed by atoms with Crippen LogP contribution in [0.15, 0.2) is 29.2 Å². The normalized spacial score (nSPS) is 18.7. The van der Waals surface area contributed by atoms with Gasteiger partial charge in [0.2, 0.25) is 5.91 Å². The molecule has 1 unspecified atom stereocenters. The van der Waals surface area contributed by atoms with Crippen LogP contribution in [0.1, 0.15) is 36.0 Å². The summed E-state index contributed by atoms with van der Waals surface area (Å²) in [4.78, 5) is 14.1. The summed E-state index contributed by atoms with van der Waals surface area (Å²) in [6, 6.07) is 6.45. The number of likely N-dealkylation sites (tertiary alicyclic amines) is 1. The van der Waals surface area contributed by atoms with Gasteiger partial charge in [0.1, 0.15) is 0 Å². The molecule has 1 aromatic rings. The van der Waals surface area contributed by atoms with Crippen LogP contribution in [0.5, 0.6) is 0 Å². The van der Waals surface area contributed by atoms with Crippen LogP contribution in [0, 0.1) is 0 Å². The van der Waals surface area contributed by atoms with Gasteiger partial charge in [-0.3, -0.25) is 4.79 Å². The van der Waals surface area contributed by atoms with Gasteiger partial charge in [-0.05, 0) is 69.0 Å². The summed E-state index contributed by atoms with van der Waals surface area (Å²) in [5, 5.41) is 0. The first kappa shape index (κ1) is 17.0. The maximum absolute atomic E-state index is 12.6. The Balaban J connectivity index is 1.81. The summed E-state index contributed by atoms with van der Waals surface area (Å²) in [5.41, 5.74) is 5.60. The number of piperidine rings is 1. The van der Waals surface area contributed by atoms with Crippen molar-refractivity contribution in [3.8, 4) is 0 Å². The fourth-order valence-corrected chi connectivity index (χ4v) is 3.86. The van der Waals surface area contributed by atoms with Crippen molar-refractivity contribution in [3.05, 3.63) is 29.8 Å². The Morgan fingerprint density at radius 3 is 2.45 bits per heavy atom. The van der Waals surface area contributed by atoms with Gasteiger partial charge in [-0.1, -0.05) is 6.42 Å². The lowest BCUT2D eigenvalue weighted by atomic mass is 10.1. The maximum Gasteiger partial charge on any atom is 0.248 e. The number of hydrogen-bond acceptors (Lipinski definition) is 3. The first-order chi connectivity index (χ1) is 10.5. The van der Waals surface area contributed by atoms with E-state index in [0.29, 0.717) is 17.0 Å². The minimum absolute atomic E-state index is 0.407. The Kier molecular flexibility index (Phi) is 5.99. The molecule has 1 fully saturated rings. The molecule has 1 amide bonds. The second kappa shape index (κ2) is 7.76. The molecule has 1 saturated heterocycles. The number of nitrogens with zero attached hydrogens (tertiary/aromatic N) is 1. The number of amides is 1. The molecule has 0 spiro atoms. The van der Waals surface area contributed by atoms with Gasteiger partial charge in [-0.25, -0.2) is 8.93 Å². The van der Waals surface area contributed by atoms with E-state index in [-0.39, 0.29) is 0 Å². The molecule has 5 nitrogen and oxygen atoms in total. The average Bonchev–Trinajstić information content (AvgIpc) is 2.53. The van der Waals surface area contributed by atoms with Crippen LogP contribution < -0.4 is 10.5 Å². The highest BCUT2D eigenvalue weighted by atomic mass is 32.2. The molecular weight excluding hydrogens is 298 g/mol. The molecule has 1 aromatic carbocycles. The molecule has 122 valence electrons. The fourth-order valence-electron chi connectivity index (χ4n) is 2.65. The van der Waals surface area contributed by atoms with Crippen LogP contribution in [0.25, 0.3) is 0 Å². The zero-order chi connectivity index (χ0) is 16.0. The van der Waals surface area contributed by atoms with Crippen molar-refractivity contribution in [3.63, 3.8) is 0 Å². The quantitative estimate of drug-likeness (QED) is 0.585. The van der Waals surface area contributed by atoms with Gasteiger partial charge < -0.3 is 10.6 Å². The number of hydrogen-bond donors (Lipinski definition) is 2. The molecule has 22 heavy (non-hydrogen) atoms. The van der Waals surface area contributed by atoms with Crippen LogP contribution in [-0.2, 0) is 9.71 Å². The molecule has 6 heteroatoms. The number of carbonyl (C=O) groups is 1. The van der Waals surface area contributed by atoms with Crippen molar-refractivity contribution < 1.29 is 9.00 Å². The summed E-state index contributed by atoms with van der Waals surface area (Å²) in [6.45, 7) is 4.04. The van der Waals surface area contributed by atoms with Crippen LogP contribution in [-0.4, -0.2) is 47.1 Å². The van der Waals surface area contributed by atoms with Crippen molar-refractivity contribution >= 4 is 21.5 Å². The van der Waals surface area contributed by atoms with Gasteiger partial charge >= 0.3 is 0 Å². The average molecular weight is 323 g/mol. The molecule has 0 aromatic heterocycles. The predicted octanol–water partition coefficient (Wildman–Crippen LogP) is 1.24. The third-order valence-electron chi connectivity index (χ3n) is 3.95. The topological polar surface area (TPSA) is 75.4 Å². The van der Waals surface area contributed by atoms with Crippen LogP contribution in [0.3, 0.4) is 0 Å². The van der Waals surface area contributed by atoms with Crippen molar-refractivity contribution in [2.45, 2.75) is 30.6 Å². The molecule has 2 rings (SSSR count). The number of benzene rings is 1. The first-order valence-electron chi connectivity index (χ1n) is 7.73. The molecule has 0 aliphatic carbocycles. The Hall–Kier alpha value is -1.37. The summed E-state index contributed by atoms with van der Waals surface area (Å²) >= 11 is 0. The second-order valence-electron chi connectivity index (χ2n) is 5.71. The fraction of sp³-hybridized carbons (Fsp3) is 0.500. The van der Waals surface area contributed by atoms with E-state index in [1.54, 1.807) is 24.3 Å². The smallest absolute Gasteiger partial charge is 0.248 e. The number of primary amides is 1. The largest absolute Gasteiger partial charge is 0.366 e. The van der Waals surface area contributed by atoms with Gasteiger partial charge in [0, 0.05) is 17.0 Å². The molecule has 0 saturated carbocycles. The van der Waals surface area contributed by atoms with E-state index < -0.39 is 15.6 Å². The van der Waals surface area contributed by atoms with Crippen molar-refractivity contribution in [1.82, 2.24) is 9.62 Å². The Morgan fingerprint density at radius 1 is 1.23 bits per heavy atom. The third-order valence-corrected chi connectivity index (χ3v) is 5.66. The van der Waals surface area contributed by atoms with Crippen LogP contribution in [0.4, 0.5) is 0 Å². The number of carbonyl (C=O) groups excluding carboxylic acids is 1.